The summed E-state index contributed by atoms with van der Waals surface area (Å²) in [6, 6.07) is 7.65. The van der Waals surface area contributed by atoms with Crippen LogP contribution in [-0.2, 0) is 9.53 Å². The highest BCUT2D eigenvalue weighted by atomic mass is 16.5. The normalized spacial score (nSPS) is 22.2. The van der Waals surface area contributed by atoms with E-state index in [2.05, 4.69) is 37.9 Å². The Kier molecular flexibility index (Phi) is 9.26. The zero-order valence-electron chi connectivity index (χ0n) is 18.1. The second kappa shape index (κ2) is 11.4. The molecule has 1 saturated carbocycles. The Morgan fingerprint density at radius 1 is 1.18 bits per heavy atom. The van der Waals surface area contributed by atoms with Gasteiger partial charge < -0.3 is 19.7 Å². The van der Waals surface area contributed by atoms with E-state index in [0.717, 1.165) is 56.8 Å². The third kappa shape index (κ3) is 6.49. The van der Waals surface area contributed by atoms with Crippen LogP contribution in [0.15, 0.2) is 24.3 Å². The van der Waals surface area contributed by atoms with Gasteiger partial charge in [0.25, 0.3) is 5.91 Å². The van der Waals surface area contributed by atoms with E-state index in [0.29, 0.717) is 19.1 Å². The van der Waals surface area contributed by atoms with Crippen LogP contribution >= 0.6 is 0 Å². The predicted molar refractivity (Wildman–Crippen MR) is 115 cm³/mol. The largest absolute Gasteiger partial charge is 0.492 e. The molecule has 1 aromatic rings. The van der Waals surface area contributed by atoms with Gasteiger partial charge in [-0.3, -0.25) is 4.79 Å². The van der Waals surface area contributed by atoms with Crippen molar-refractivity contribution in [3.63, 3.8) is 0 Å². The minimum atomic E-state index is -0.688. The molecule has 0 heterocycles. The second-order valence-corrected chi connectivity index (χ2v) is 7.90. The number of benzene rings is 1. The molecule has 0 saturated heterocycles. The average Bonchev–Trinajstić information content (AvgIpc) is 2.71. The molecule has 0 bridgehead atoms. The molecule has 1 amide bonds. The fraction of sp³-hybridized carbons (Fsp3) is 0.696. The van der Waals surface area contributed by atoms with Crippen LogP contribution < -0.4 is 10.1 Å². The summed E-state index contributed by atoms with van der Waals surface area (Å²) in [4.78, 5) is 15.4. The summed E-state index contributed by atoms with van der Waals surface area (Å²) in [7, 11) is 0. The molecule has 5 nitrogen and oxygen atoms in total. The van der Waals surface area contributed by atoms with Gasteiger partial charge in [0.15, 0.2) is 0 Å². The Hall–Kier alpha value is -1.59. The van der Waals surface area contributed by atoms with Crippen LogP contribution in [-0.4, -0.2) is 49.3 Å². The number of hydrogen-bond donors (Lipinski definition) is 1. The maximum atomic E-state index is 13.1. The second-order valence-electron chi connectivity index (χ2n) is 7.90. The minimum absolute atomic E-state index is 0.0114. The van der Waals surface area contributed by atoms with Crippen LogP contribution in [0.1, 0.15) is 59.8 Å². The maximum Gasteiger partial charge on any atom is 0.256 e. The first-order chi connectivity index (χ1) is 13.5. The smallest absolute Gasteiger partial charge is 0.256 e. The number of rotatable bonds is 11. The van der Waals surface area contributed by atoms with E-state index in [9.17, 15) is 4.79 Å². The van der Waals surface area contributed by atoms with Gasteiger partial charge in [-0.25, -0.2) is 0 Å². The van der Waals surface area contributed by atoms with Gasteiger partial charge in [0.2, 0.25) is 0 Å². The molecule has 1 fully saturated rings. The molecular formula is C23H38N2O3. The molecule has 2 unspecified atom stereocenters. The van der Waals surface area contributed by atoms with Gasteiger partial charge in [0.1, 0.15) is 18.0 Å². The molecule has 1 aliphatic carbocycles. The Morgan fingerprint density at radius 3 is 2.50 bits per heavy atom. The molecule has 2 atom stereocenters. The molecule has 1 N–H and O–H groups in total. The van der Waals surface area contributed by atoms with Gasteiger partial charge in [0.05, 0.1) is 0 Å². The number of amides is 1. The standard InChI is InChI=1S/C23H38N2O3/c1-5-16-28-23(14-8-9-19(4)18-23)22(26)24-20-10-12-21(13-11-20)27-17-15-25(6-2)7-3/h10-13,19H,5-9,14-18H2,1-4H3,(H,24,26). The summed E-state index contributed by atoms with van der Waals surface area (Å²) in [6.07, 6.45) is 4.73. The molecule has 0 aliphatic heterocycles. The van der Waals surface area contributed by atoms with E-state index >= 15 is 0 Å². The average molecular weight is 391 g/mol. The van der Waals surface area contributed by atoms with E-state index in [1.807, 2.05) is 24.3 Å². The van der Waals surface area contributed by atoms with Crippen molar-refractivity contribution in [1.29, 1.82) is 0 Å². The molecule has 5 heteroatoms. The van der Waals surface area contributed by atoms with Crippen molar-refractivity contribution in [3.8, 4) is 5.75 Å². The third-order valence-corrected chi connectivity index (χ3v) is 5.63. The lowest BCUT2D eigenvalue weighted by Crippen LogP contribution is -2.48. The van der Waals surface area contributed by atoms with Crippen LogP contribution in [0.25, 0.3) is 0 Å². The SMILES string of the molecule is CCCOC1(C(=O)Nc2ccc(OCCN(CC)CC)cc2)CCCC(C)C1. The van der Waals surface area contributed by atoms with Crippen LogP contribution in [0.3, 0.4) is 0 Å². The zero-order valence-corrected chi connectivity index (χ0v) is 18.1. The van der Waals surface area contributed by atoms with E-state index in [4.69, 9.17) is 9.47 Å². The van der Waals surface area contributed by atoms with Gasteiger partial charge in [-0.2, -0.15) is 0 Å². The summed E-state index contributed by atoms with van der Waals surface area (Å²) in [6.45, 7) is 12.9. The topological polar surface area (TPSA) is 50.8 Å². The number of carbonyl (C=O) groups is 1. The fourth-order valence-corrected chi connectivity index (χ4v) is 3.92. The number of anilines is 1. The van der Waals surface area contributed by atoms with Crippen molar-refractivity contribution >= 4 is 11.6 Å². The monoisotopic (exact) mass is 390 g/mol. The quantitative estimate of drug-likeness (QED) is 0.594. The highest BCUT2D eigenvalue weighted by molar-refractivity contribution is 5.97. The van der Waals surface area contributed by atoms with Crippen molar-refractivity contribution < 1.29 is 14.3 Å². The highest BCUT2D eigenvalue weighted by Crippen LogP contribution is 2.36. The molecule has 0 aromatic heterocycles. The first-order valence-corrected chi connectivity index (χ1v) is 10.9. The first-order valence-electron chi connectivity index (χ1n) is 10.9. The van der Waals surface area contributed by atoms with E-state index in [1.54, 1.807) is 0 Å². The molecule has 1 aliphatic rings. The summed E-state index contributed by atoms with van der Waals surface area (Å²) >= 11 is 0. The van der Waals surface area contributed by atoms with Crippen LogP contribution in [0.4, 0.5) is 5.69 Å². The van der Waals surface area contributed by atoms with Gasteiger partial charge >= 0.3 is 0 Å². The van der Waals surface area contributed by atoms with Gasteiger partial charge in [-0.1, -0.05) is 34.1 Å². The van der Waals surface area contributed by atoms with Crippen LogP contribution in [0.5, 0.6) is 5.75 Å². The molecule has 0 radical (unpaired) electrons. The number of ether oxygens (including phenoxy) is 2. The number of carbonyl (C=O) groups excluding carboxylic acids is 1. The van der Waals surface area contributed by atoms with Gasteiger partial charge in [-0.05, 0) is 69.0 Å². The maximum absolute atomic E-state index is 13.1. The van der Waals surface area contributed by atoms with Crippen LogP contribution in [0.2, 0.25) is 0 Å². The summed E-state index contributed by atoms with van der Waals surface area (Å²) < 4.78 is 11.9. The number of hydrogen-bond acceptors (Lipinski definition) is 4. The van der Waals surface area contributed by atoms with Gasteiger partial charge in [0, 0.05) is 18.8 Å². The van der Waals surface area contributed by atoms with Crippen molar-refractivity contribution in [2.45, 2.75) is 65.4 Å². The molecule has 158 valence electrons. The zero-order chi connectivity index (χ0) is 20.4. The number of likely N-dealkylation sites (N-methyl/N-ethyl adjacent to an activating group) is 1. The number of nitrogens with one attached hydrogen (secondary N) is 1. The van der Waals surface area contributed by atoms with Crippen molar-refractivity contribution in [1.82, 2.24) is 4.90 Å². The summed E-state index contributed by atoms with van der Waals surface area (Å²) in [5.41, 5.74) is 0.103. The minimum Gasteiger partial charge on any atom is -0.492 e. The van der Waals surface area contributed by atoms with E-state index < -0.39 is 5.60 Å². The van der Waals surface area contributed by atoms with Crippen LogP contribution in [0, 0.1) is 5.92 Å². The van der Waals surface area contributed by atoms with E-state index in [-0.39, 0.29) is 5.91 Å². The predicted octanol–water partition coefficient (Wildman–Crippen LogP) is 4.72. The summed E-state index contributed by atoms with van der Waals surface area (Å²) in [5, 5.41) is 3.07. The lowest BCUT2D eigenvalue weighted by Gasteiger charge is -2.38. The lowest BCUT2D eigenvalue weighted by molar-refractivity contribution is -0.148. The molecule has 28 heavy (non-hydrogen) atoms. The molecule has 0 spiro atoms. The van der Waals surface area contributed by atoms with Gasteiger partial charge in [-0.15, -0.1) is 0 Å². The Morgan fingerprint density at radius 2 is 1.89 bits per heavy atom. The van der Waals surface area contributed by atoms with Crippen molar-refractivity contribution in [3.05, 3.63) is 24.3 Å². The number of nitrogens with zero attached hydrogens (tertiary/aromatic N) is 1. The molecular weight excluding hydrogens is 352 g/mol. The summed E-state index contributed by atoms with van der Waals surface area (Å²) in [5.74, 6) is 1.33. The van der Waals surface area contributed by atoms with Crippen molar-refractivity contribution in [2.24, 2.45) is 5.92 Å². The van der Waals surface area contributed by atoms with E-state index in [1.165, 1.54) is 6.42 Å². The Bertz CT molecular complexity index is 586. The third-order valence-electron chi connectivity index (χ3n) is 5.63. The van der Waals surface area contributed by atoms with Crippen molar-refractivity contribution in [2.75, 3.05) is 38.2 Å². The lowest BCUT2D eigenvalue weighted by atomic mass is 9.78. The molecule has 1 aromatic carbocycles. The fourth-order valence-electron chi connectivity index (χ4n) is 3.92. The Balaban J connectivity index is 1.93. The molecule has 2 rings (SSSR count). The Labute approximate surface area is 170 Å². The highest BCUT2D eigenvalue weighted by Gasteiger charge is 2.42. The first kappa shape index (κ1) is 22.7.